The number of nitrogens with one attached hydrogen (secondary N) is 1. The van der Waals surface area contributed by atoms with Crippen molar-refractivity contribution in [1.29, 1.82) is 0 Å². The highest BCUT2D eigenvalue weighted by molar-refractivity contribution is 5.40. The Morgan fingerprint density at radius 3 is 2.48 bits per heavy atom. The summed E-state index contributed by atoms with van der Waals surface area (Å²) in [5.41, 5.74) is 1.45. The topological polar surface area (TPSA) is 30.5 Å². The molecule has 0 bridgehead atoms. The highest BCUT2D eigenvalue weighted by Crippen LogP contribution is 2.26. The number of rotatable bonds is 8. The zero-order valence-electron chi connectivity index (χ0n) is 14.5. The van der Waals surface area contributed by atoms with Crippen LogP contribution in [0.25, 0.3) is 0 Å². The van der Waals surface area contributed by atoms with Crippen LogP contribution in [0, 0.1) is 11.3 Å². The number of ether oxygens (including phenoxy) is 2. The zero-order chi connectivity index (χ0) is 15.9. The average Bonchev–Trinajstić information content (AvgIpc) is 2.38. The lowest BCUT2D eigenvalue weighted by Crippen LogP contribution is -2.20. The lowest BCUT2D eigenvalue weighted by atomic mass is 9.93. The Morgan fingerprint density at radius 1 is 1.19 bits per heavy atom. The normalized spacial score (nSPS) is 11.8. The van der Waals surface area contributed by atoms with Gasteiger partial charge in [-0.1, -0.05) is 34.6 Å². The van der Waals surface area contributed by atoms with Gasteiger partial charge in [-0.2, -0.15) is 0 Å². The second-order valence-corrected chi connectivity index (χ2v) is 7.16. The molecule has 0 aromatic heterocycles. The molecule has 0 aliphatic rings. The largest absolute Gasteiger partial charge is 0.497 e. The van der Waals surface area contributed by atoms with E-state index in [0.717, 1.165) is 43.2 Å². The van der Waals surface area contributed by atoms with Gasteiger partial charge in [-0.05, 0) is 42.5 Å². The molecule has 0 amide bonds. The van der Waals surface area contributed by atoms with Gasteiger partial charge in [-0.25, -0.2) is 0 Å². The van der Waals surface area contributed by atoms with Gasteiger partial charge in [0.2, 0.25) is 0 Å². The standard InChI is InChI=1S/C18H31NO2/c1-14(2)12-19-13-15-11-16(20-6)7-8-17(15)21-10-9-18(3,4)5/h7-8,11,14,19H,9-10,12-13H2,1-6H3. The minimum Gasteiger partial charge on any atom is -0.497 e. The van der Waals surface area contributed by atoms with E-state index in [0.29, 0.717) is 11.3 Å². The molecule has 0 saturated heterocycles. The molecule has 0 aliphatic carbocycles. The van der Waals surface area contributed by atoms with Gasteiger partial charge >= 0.3 is 0 Å². The van der Waals surface area contributed by atoms with E-state index in [1.54, 1.807) is 7.11 Å². The lowest BCUT2D eigenvalue weighted by Gasteiger charge is -2.19. The Labute approximate surface area is 130 Å². The summed E-state index contributed by atoms with van der Waals surface area (Å²) >= 11 is 0. The van der Waals surface area contributed by atoms with Crippen molar-refractivity contribution in [2.24, 2.45) is 11.3 Å². The van der Waals surface area contributed by atoms with Gasteiger partial charge in [0.25, 0.3) is 0 Å². The summed E-state index contributed by atoms with van der Waals surface area (Å²) in [5, 5.41) is 3.46. The third-order valence-corrected chi connectivity index (χ3v) is 3.25. The van der Waals surface area contributed by atoms with Crippen LogP contribution >= 0.6 is 0 Å². The van der Waals surface area contributed by atoms with E-state index in [1.807, 2.05) is 12.1 Å². The van der Waals surface area contributed by atoms with Crippen LogP contribution < -0.4 is 14.8 Å². The number of methoxy groups -OCH3 is 1. The summed E-state index contributed by atoms with van der Waals surface area (Å²) in [6.07, 6.45) is 1.04. The first-order valence-corrected chi connectivity index (χ1v) is 7.82. The van der Waals surface area contributed by atoms with Crippen molar-refractivity contribution in [3.63, 3.8) is 0 Å². The van der Waals surface area contributed by atoms with Crippen LogP contribution in [0.3, 0.4) is 0 Å². The first-order chi connectivity index (χ1) is 9.81. The van der Waals surface area contributed by atoms with Gasteiger partial charge in [-0.15, -0.1) is 0 Å². The van der Waals surface area contributed by atoms with Gasteiger partial charge in [0.05, 0.1) is 13.7 Å². The number of hydrogen-bond donors (Lipinski definition) is 1. The zero-order valence-corrected chi connectivity index (χ0v) is 14.5. The molecule has 1 rings (SSSR count). The first kappa shape index (κ1) is 17.8. The molecule has 120 valence electrons. The molecule has 1 N–H and O–H groups in total. The van der Waals surface area contributed by atoms with Crippen molar-refractivity contribution in [1.82, 2.24) is 5.32 Å². The van der Waals surface area contributed by atoms with Gasteiger partial charge in [0, 0.05) is 12.1 Å². The Balaban J connectivity index is 2.67. The number of hydrogen-bond acceptors (Lipinski definition) is 3. The first-order valence-electron chi connectivity index (χ1n) is 7.82. The van der Waals surface area contributed by atoms with Crippen LogP contribution in [0.5, 0.6) is 11.5 Å². The van der Waals surface area contributed by atoms with E-state index in [2.05, 4.69) is 46.0 Å². The third kappa shape index (κ3) is 7.37. The second-order valence-electron chi connectivity index (χ2n) is 7.16. The summed E-state index contributed by atoms with van der Waals surface area (Å²) in [6, 6.07) is 6.02. The maximum absolute atomic E-state index is 5.97. The van der Waals surface area contributed by atoms with Crippen molar-refractivity contribution in [3.8, 4) is 11.5 Å². The summed E-state index contributed by atoms with van der Waals surface area (Å²) in [7, 11) is 1.70. The van der Waals surface area contributed by atoms with E-state index in [1.165, 1.54) is 0 Å². The predicted octanol–water partition coefficient (Wildman–Crippen LogP) is 4.26. The second kappa shape index (κ2) is 8.28. The Morgan fingerprint density at radius 2 is 1.90 bits per heavy atom. The molecule has 0 aliphatic heterocycles. The maximum Gasteiger partial charge on any atom is 0.124 e. The fourth-order valence-corrected chi connectivity index (χ4v) is 1.92. The molecule has 0 unspecified atom stereocenters. The summed E-state index contributed by atoms with van der Waals surface area (Å²) in [4.78, 5) is 0. The van der Waals surface area contributed by atoms with E-state index in [9.17, 15) is 0 Å². The van der Waals surface area contributed by atoms with Gasteiger partial charge in [0.1, 0.15) is 11.5 Å². The molecule has 1 aromatic rings. The number of benzene rings is 1. The highest BCUT2D eigenvalue weighted by atomic mass is 16.5. The van der Waals surface area contributed by atoms with Crippen LogP contribution in [-0.2, 0) is 6.54 Å². The SMILES string of the molecule is COc1ccc(OCCC(C)(C)C)c(CNCC(C)C)c1. The highest BCUT2D eigenvalue weighted by Gasteiger charge is 2.11. The smallest absolute Gasteiger partial charge is 0.124 e. The van der Waals surface area contributed by atoms with Crippen molar-refractivity contribution in [2.75, 3.05) is 20.3 Å². The Bertz CT molecular complexity index is 422. The molecule has 21 heavy (non-hydrogen) atoms. The molecule has 3 nitrogen and oxygen atoms in total. The fraction of sp³-hybridized carbons (Fsp3) is 0.667. The predicted molar refractivity (Wildman–Crippen MR) is 89.1 cm³/mol. The molecule has 0 radical (unpaired) electrons. The summed E-state index contributed by atoms with van der Waals surface area (Å²) in [6.45, 7) is 13.7. The molecule has 1 aromatic carbocycles. The molecule has 0 fully saturated rings. The molecule has 3 heteroatoms. The van der Waals surface area contributed by atoms with Gasteiger partial charge in [0.15, 0.2) is 0 Å². The van der Waals surface area contributed by atoms with Crippen molar-refractivity contribution >= 4 is 0 Å². The Kier molecular flexibility index (Phi) is 7.03. The fourth-order valence-electron chi connectivity index (χ4n) is 1.92. The molecule has 0 spiro atoms. The Hall–Kier alpha value is -1.22. The quantitative estimate of drug-likeness (QED) is 0.777. The van der Waals surface area contributed by atoms with Crippen LogP contribution in [0.2, 0.25) is 0 Å². The van der Waals surface area contributed by atoms with E-state index in [4.69, 9.17) is 9.47 Å². The molecular weight excluding hydrogens is 262 g/mol. The van der Waals surface area contributed by atoms with Gasteiger partial charge in [-0.3, -0.25) is 0 Å². The minimum absolute atomic E-state index is 0.294. The van der Waals surface area contributed by atoms with Crippen molar-refractivity contribution in [3.05, 3.63) is 23.8 Å². The third-order valence-electron chi connectivity index (χ3n) is 3.25. The van der Waals surface area contributed by atoms with Crippen LogP contribution in [0.15, 0.2) is 18.2 Å². The molecule has 0 heterocycles. The average molecular weight is 293 g/mol. The van der Waals surface area contributed by atoms with E-state index >= 15 is 0 Å². The van der Waals surface area contributed by atoms with E-state index < -0.39 is 0 Å². The van der Waals surface area contributed by atoms with Crippen molar-refractivity contribution < 1.29 is 9.47 Å². The minimum atomic E-state index is 0.294. The van der Waals surface area contributed by atoms with Gasteiger partial charge < -0.3 is 14.8 Å². The molecule has 0 saturated carbocycles. The lowest BCUT2D eigenvalue weighted by molar-refractivity contribution is 0.240. The summed E-state index contributed by atoms with van der Waals surface area (Å²) in [5.74, 6) is 2.47. The molecule has 0 atom stereocenters. The summed E-state index contributed by atoms with van der Waals surface area (Å²) < 4.78 is 11.3. The van der Waals surface area contributed by atoms with Crippen molar-refractivity contribution in [2.45, 2.75) is 47.6 Å². The monoisotopic (exact) mass is 293 g/mol. The van der Waals surface area contributed by atoms with E-state index in [-0.39, 0.29) is 0 Å². The van der Waals surface area contributed by atoms with Crippen LogP contribution in [0.4, 0.5) is 0 Å². The maximum atomic E-state index is 5.97. The van der Waals surface area contributed by atoms with Crippen LogP contribution in [-0.4, -0.2) is 20.3 Å². The molecular formula is C18H31NO2. The van der Waals surface area contributed by atoms with Crippen LogP contribution in [0.1, 0.15) is 46.6 Å².